The molecular weight excluding hydrogens is 412 g/mol. The van der Waals surface area contributed by atoms with Gasteiger partial charge in [-0.1, -0.05) is 0 Å². The molecule has 9 heteroatoms. The minimum Gasteiger partial charge on any atom is -0.495 e. The minimum atomic E-state index is -0.0649. The molecule has 0 saturated carbocycles. The van der Waals surface area contributed by atoms with E-state index in [9.17, 15) is 4.79 Å². The summed E-state index contributed by atoms with van der Waals surface area (Å²) in [6.45, 7) is 8.13. The van der Waals surface area contributed by atoms with Gasteiger partial charge in [0.05, 0.1) is 13.2 Å². The molecule has 0 spiro atoms. The van der Waals surface area contributed by atoms with Crippen LogP contribution in [0.4, 0.5) is 0 Å². The zero-order chi connectivity index (χ0) is 22.0. The lowest BCUT2D eigenvalue weighted by Crippen LogP contribution is -2.43. The molecule has 2 atom stereocenters. The van der Waals surface area contributed by atoms with Gasteiger partial charge in [-0.15, -0.1) is 11.3 Å². The first kappa shape index (κ1) is 21.6. The highest BCUT2D eigenvalue weighted by Crippen LogP contribution is 2.31. The van der Waals surface area contributed by atoms with Crippen molar-refractivity contribution in [1.82, 2.24) is 14.8 Å². The van der Waals surface area contributed by atoms with Crippen LogP contribution in [-0.4, -0.2) is 72.1 Å². The molecule has 2 saturated heterocycles. The quantitative estimate of drug-likeness (QED) is 0.725. The third-order valence-corrected chi connectivity index (χ3v) is 6.88. The van der Waals surface area contributed by atoms with E-state index in [0.29, 0.717) is 23.0 Å². The van der Waals surface area contributed by atoms with Crippen LogP contribution < -0.4 is 10.5 Å². The molecule has 4 heterocycles. The number of piperidine rings is 1. The van der Waals surface area contributed by atoms with Crippen LogP contribution in [0.2, 0.25) is 0 Å². The summed E-state index contributed by atoms with van der Waals surface area (Å²) >= 11 is 1.42. The van der Waals surface area contributed by atoms with Crippen molar-refractivity contribution in [3.63, 3.8) is 0 Å². The molecule has 0 aliphatic carbocycles. The molecule has 3 aliphatic heterocycles. The minimum absolute atomic E-state index is 0.00349. The second-order valence-electron chi connectivity index (χ2n) is 8.13. The molecule has 1 aromatic rings. The van der Waals surface area contributed by atoms with Crippen LogP contribution in [0.1, 0.15) is 42.3 Å². The first-order valence-corrected chi connectivity index (χ1v) is 11.6. The SMILES string of the molecule is C=NN1C=C(C)C(N2CC[C@H](N)C2)=N/C1=C/C1CCCCN1C(=O)c1sccc1OC. The van der Waals surface area contributed by atoms with Gasteiger partial charge in [-0.25, -0.2) is 10.0 Å². The monoisotopic (exact) mass is 442 g/mol. The van der Waals surface area contributed by atoms with E-state index in [-0.39, 0.29) is 18.0 Å². The summed E-state index contributed by atoms with van der Waals surface area (Å²) in [6, 6.07) is 1.95. The Labute approximate surface area is 187 Å². The Kier molecular flexibility index (Phi) is 6.43. The van der Waals surface area contributed by atoms with Gasteiger partial charge in [-0.2, -0.15) is 5.10 Å². The fraction of sp³-hybridized carbons (Fsp3) is 0.500. The molecule has 0 radical (unpaired) electrons. The molecule has 4 rings (SSSR count). The van der Waals surface area contributed by atoms with Crippen molar-refractivity contribution in [2.45, 2.75) is 44.7 Å². The third kappa shape index (κ3) is 4.38. The van der Waals surface area contributed by atoms with E-state index in [1.54, 1.807) is 12.1 Å². The molecule has 1 aromatic heterocycles. The lowest BCUT2D eigenvalue weighted by atomic mass is 10.0. The maximum Gasteiger partial charge on any atom is 0.268 e. The van der Waals surface area contributed by atoms with Crippen LogP contribution >= 0.6 is 11.3 Å². The number of amidine groups is 1. The highest BCUT2D eigenvalue weighted by Gasteiger charge is 2.31. The summed E-state index contributed by atoms with van der Waals surface area (Å²) in [5.74, 6) is 2.25. The fourth-order valence-electron chi connectivity index (χ4n) is 4.38. The van der Waals surface area contributed by atoms with Crippen LogP contribution in [-0.2, 0) is 0 Å². The summed E-state index contributed by atoms with van der Waals surface area (Å²) in [7, 11) is 1.60. The average molecular weight is 443 g/mol. The van der Waals surface area contributed by atoms with Gasteiger partial charge in [0.2, 0.25) is 0 Å². The van der Waals surface area contributed by atoms with Gasteiger partial charge < -0.3 is 20.3 Å². The summed E-state index contributed by atoms with van der Waals surface area (Å²) in [5, 5.41) is 7.72. The zero-order valence-corrected chi connectivity index (χ0v) is 19.0. The zero-order valence-electron chi connectivity index (χ0n) is 18.2. The van der Waals surface area contributed by atoms with Crippen molar-refractivity contribution in [3.8, 4) is 5.75 Å². The van der Waals surface area contributed by atoms with Crippen molar-refractivity contribution in [1.29, 1.82) is 0 Å². The number of carbonyl (C=O) groups is 1. The first-order chi connectivity index (χ1) is 15.0. The second kappa shape index (κ2) is 9.23. The number of ether oxygens (including phenoxy) is 1. The topological polar surface area (TPSA) is 86.8 Å². The molecule has 2 N–H and O–H groups in total. The number of nitrogens with two attached hydrogens (primary N) is 1. The maximum absolute atomic E-state index is 13.3. The molecule has 166 valence electrons. The molecule has 0 bridgehead atoms. The standard InChI is InChI=1S/C22H30N6O2S/c1-15-13-28(24-2)19(25-21(15)26-10-7-16(23)14-26)12-17-6-4-5-9-27(17)22(29)20-18(30-3)8-11-31-20/h8,11-13,16-17H,2,4-7,9-10,14,23H2,1,3H3/b19-12-/t16-,17?/m0/s1. The second-order valence-corrected chi connectivity index (χ2v) is 9.05. The number of methoxy groups -OCH3 is 1. The highest BCUT2D eigenvalue weighted by molar-refractivity contribution is 7.12. The Hall–Kier alpha value is -2.65. The number of aliphatic imine (C=N–C) groups is 1. The fourth-order valence-corrected chi connectivity index (χ4v) is 5.19. The van der Waals surface area contributed by atoms with E-state index in [0.717, 1.165) is 50.2 Å². The number of likely N-dealkylation sites (tertiary alicyclic amines) is 2. The molecule has 1 unspecified atom stereocenters. The summed E-state index contributed by atoms with van der Waals surface area (Å²) in [5.41, 5.74) is 7.14. The van der Waals surface area contributed by atoms with E-state index in [2.05, 4.69) is 16.7 Å². The number of hydrogen-bond acceptors (Lipinski definition) is 8. The molecule has 8 nitrogen and oxygen atoms in total. The number of hydrogen-bond donors (Lipinski definition) is 1. The van der Waals surface area contributed by atoms with Crippen molar-refractivity contribution in [2.24, 2.45) is 15.8 Å². The van der Waals surface area contributed by atoms with Crippen molar-refractivity contribution < 1.29 is 9.53 Å². The smallest absolute Gasteiger partial charge is 0.268 e. The van der Waals surface area contributed by atoms with Gasteiger partial charge >= 0.3 is 0 Å². The van der Waals surface area contributed by atoms with Gasteiger partial charge in [0, 0.05) is 44.2 Å². The van der Waals surface area contributed by atoms with Gasteiger partial charge in [-0.3, -0.25) is 4.79 Å². The largest absolute Gasteiger partial charge is 0.495 e. The van der Waals surface area contributed by atoms with Crippen LogP contribution in [0.3, 0.4) is 0 Å². The maximum atomic E-state index is 13.3. The van der Waals surface area contributed by atoms with Crippen LogP contribution in [0.5, 0.6) is 5.75 Å². The van der Waals surface area contributed by atoms with E-state index < -0.39 is 0 Å². The van der Waals surface area contributed by atoms with E-state index >= 15 is 0 Å². The summed E-state index contributed by atoms with van der Waals surface area (Å²) < 4.78 is 5.38. The molecule has 2 fully saturated rings. The Morgan fingerprint density at radius 2 is 2.23 bits per heavy atom. The summed E-state index contributed by atoms with van der Waals surface area (Å²) in [6.07, 6.45) is 7.89. The van der Waals surface area contributed by atoms with E-state index in [1.165, 1.54) is 11.3 Å². The first-order valence-electron chi connectivity index (χ1n) is 10.7. The Bertz CT molecular complexity index is 936. The number of nitrogens with zero attached hydrogens (tertiary/aromatic N) is 5. The molecule has 3 aliphatic rings. The van der Waals surface area contributed by atoms with Crippen LogP contribution in [0.15, 0.2) is 45.2 Å². The van der Waals surface area contributed by atoms with Crippen molar-refractivity contribution >= 4 is 29.8 Å². The normalized spacial score (nSPS) is 25.5. The average Bonchev–Trinajstić information content (AvgIpc) is 3.43. The van der Waals surface area contributed by atoms with E-state index in [4.69, 9.17) is 15.5 Å². The molecular formula is C22H30N6O2S. The Morgan fingerprint density at radius 1 is 1.39 bits per heavy atom. The van der Waals surface area contributed by atoms with Crippen molar-refractivity contribution in [3.05, 3.63) is 40.0 Å². The van der Waals surface area contributed by atoms with Gasteiger partial charge in [0.25, 0.3) is 5.91 Å². The number of thiophene rings is 1. The number of rotatable bonds is 4. The molecule has 1 amide bonds. The predicted molar refractivity (Wildman–Crippen MR) is 124 cm³/mol. The number of hydrazone groups is 1. The third-order valence-electron chi connectivity index (χ3n) is 6.00. The number of amides is 1. The number of carbonyl (C=O) groups excluding carboxylic acids is 1. The van der Waals surface area contributed by atoms with Gasteiger partial charge in [0.15, 0.2) is 5.82 Å². The van der Waals surface area contributed by atoms with Gasteiger partial charge in [0.1, 0.15) is 16.5 Å². The molecule has 0 aromatic carbocycles. The Morgan fingerprint density at radius 3 is 2.94 bits per heavy atom. The van der Waals surface area contributed by atoms with Gasteiger partial charge in [-0.05, 0) is 50.1 Å². The Balaban J connectivity index is 1.64. The molecule has 31 heavy (non-hydrogen) atoms. The van der Waals surface area contributed by atoms with Crippen LogP contribution in [0, 0.1) is 0 Å². The van der Waals surface area contributed by atoms with E-state index in [1.807, 2.05) is 35.5 Å². The van der Waals surface area contributed by atoms with Crippen LogP contribution in [0.25, 0.3) is 0 Å². The lowest BCUT2D eigenvalue weighted by Gasteiger charge is -2.35. The predicted octanol–water partition coefficient (Wildman–Crippen LogP) is 2.86. The summed E-state index contributed by atoms with van der Waals surface area (Å²) in [4.78, 5) is 23.0. The lowest BCUT2D eigenvalue weighted by molar-refractivity contribution is 0.0664. The van der Waals surface area contributed by atoms with Crippen molar-refractivity contribution in [2.75, 3.05) is 26.7 Å². The highest BCUT2D eigenvalue weighted by atomic mass is 32.1.